The van der Waals surface area contributed by atoms with E-state index >= 15 is 4.39 Å². The first-order chi connectivity index (χ1) is 14.7. The van der Waals surface area contributed by atoms with Gasteiger partial charge in [-0.15, -0.1) is 0 Å². The Kier molecular flexibility index (Phi) is 5.11. The third-order valence-electron chi connectivity index (χ3n) is 4.70. The highest BCUT2D eigenvalue weighted by atomic mass is 32.2. The molecule has 0 radical (unpaired) electrons. The molecular formula is C21H16F3N3O3S. The molecule has 0 saturated carbocycles. The van der Waals surface area contributed by atoms with E-state index in [-0.39, 0.29) is 27.2 Å². The van der Waals surface area contributed by atoms with E-state index in [0.717, 1.165) is 33.9 Å². The number of aryl methyl sites for hydroxylation is 1. The summed E-state index contributed by atoms with van der Waals surface area (Å²) in [5, 5.41) is -0.161. The third-order valence-corrected chi connectivity index (χ3v) is 6.40. The van der Waals surface area contributed by atoms with Crippen LogP contribution in [-0.2, 0) is 10.0 Å². The number of anilines is 1. The Labute approximate surface area is 175 Å². The van der Waals surface area contributed by atoms with Crippen LogP contribution in [-0.4, -0.2) is 12.4 Å². The van der Waals surface area contributed by atoms with Crippen molar-refractivity contribution in [1.82, 2.24) is 3.97 Å². The van der Waals surface area contributed by atoms with E-state index < -0.39 is 33.2 Å². The summed E-state index contributed by atoms with van der Waals surface area (Å²) in [7, 11) is -4.08. The van der Waals surface area contributed by atoms with Crippen LogP contribution in [0.4, 0.5) is 18.9 Å². The Balaban J connectivity index is 1.80. The second-order valence-electron chi connectivity index (χ2n) is 6.75. The zero-order chi connectivity index (χ0) is 22.3. The molecule has 1 heterocycles. The topological polar surface area (TPSA) is 86.3 Å². The fraction of sp³-hybridized carbons (Fsp3) is 0.0476. The quantitative estimate of drug-likeness (QED) is 0.343. The van der Waals surface area contributed by atoms with Crippen LogP contribution in [0.2, 0.25) is 0 Å². The third kappa shape index (κ3) is 3.60. The number of fused-ring (bicyclic) bond motifs is 1. The van der Waals surface area contributed by atoms with Gasteiger partial charge in [0.15, 0.2) is 17.4 Å². The SMILES string of the molecule is Cc1ccc(S(=O)(=O)n2ccc3c(F)c(Oc4ccc(F)c(NN)c4)c(F)cc32)cc1. The second kappa shape index (κ2) is 7.64. The Morgan fingerprint density at radius 1 is 0.968 bits per heavy atom. The number of benzene rings is 3. The minimum Gasteiger partial charge on any atom is -0.451 e. The summed E-state index contributed by atoms with van der Waals surface area (Å²) in [6, 6.07) is 11.5. The van der Waals surface area contributed by atoms with Crippen LogP contribution in [0.3, 0.4) is 0 Å². The zero-order valence-corrected chi connectivity index (χ0v) is 16.9. The van der Waals surface area contributed by atoms with Gasteiger partial charge in [-0.25, -0.2) is 25.6 Å². The van der Waals surface area contributed by atoms with Crippen LogP contribution in [0.25, 0.3) is 10.9 Å². The fourth-order valence-corrected chi connectivity index (χ4v) is 4.43. The minimum atomic E-state index is -4.08. The van der Waals surface area contributed by atoms with Crippen molar-refractivity contribution in [3.63, 3.8) is 0 Å². The monoisotopic (exact) mass is 447 g/mol. The normalized spacial score (nSPS) is 11.6. The van der Waals surface area contributed by atoms with Crippen molar-refractivity contribution in [2.75, 3.05) is 5.43 Å². The molecule has 0 bridgehead atoms. The predicted octanol–water partition coefficient (Wildman–Crippen LogP) is 4.68. The lowest BCUT2D eigenvalue weighted by Gasteiger charge is -2.12. The molecular weight excluding hydrogens is 431 g/mol. The predicted molar refractivity (Wildman–Crippen MR) is 110 cm³/mol. The molecule has 0 aliphatic carbocycles. The van der Waals surface area contributed by atoms with Crippen molar-refractivity contribution in [3.8, 4) is 11.5 Å². The number of nitrogens with one attached hydrogen (secondary N) is 1. The van der Waals surface area contributed by atoms with Gasteiger partial charge in [-0.2, -0.15) is 0 Å². The Bertz CT molecular complexity index is 1400. The van der Waals surface area contributed by atoms with Gasteiger partial charge in [-0.1, -0.05) is 17.7 Å². The number of nitrogens with two attached hydrogens (primary N) is 1. The Morgan fingerprint density at radius 2 is 1.68 bits per heavy atom. The van der Waals surface area contributed by atoms with Crippen LogP contribution in [0.5, 0.6) is 11.5 Å². The lowest BCUT2D eigenvalue weighted by atomic mass is 10.2. The van der Waals surface area contributed by atoms with Gasteiger partial charge < -0.3 is 10.2 Å². The molecule has 4 aromatic rings. The molecule has 0 aliphatic rings. The molecule has 10 heteroatoms. The largest absolute Gasteiger partial charge is 0.451 e. The maximum absolute atomic E-state index is 15.0. The smallest absolute Gasteiger partial charge is 0.268 e. The van der Waals surface area contributed by atoms with Crippen molar-refractivity contribution in [1.29, 1.82) is 0 Å². The number of hydrazine groups is 1. The van der Waals surface area contributed by atoms with Gasteiger partial charge in [0.05, 0.1) is 16.1 Å². The Morgan fingerprint density at radius 3 is 2.35 bits per heavy atom. The highest BCUT2D eigenvalue weighted by Gasteiger charge is 2.24. The molecule has 31 heavy (non-hydrogen) atoms. The summed E-state index contributed by atoms with van der Waals surface area (Å²) in [5.74, 6) is 1.46. The van der Waals surface area contributed by atoms with E-state index in [0.29, 0.717) is 0 Å². The molecule has 0 atom stereocenters. The molecule has 0 amide bonds. The van der Waals surface area contributed by atoms with Crippen LogP contribution in [0.1, 0.15) is 5.56 Å². The maximum Gasteiger partial charge on any atom is 0.268 e. The molecule has 160 valence electrons. The van der Waals surface area contributed by atoms with Crippen molar-refractivity contribution < 1.29 is 26.3 Å². The average Bonchev–Trinajstić information content (AvgIpc) is 3.17. The van der Waals surface area contributed by atoms with Gasteiger partial charge in [0.1, 0.15) is 11.6 Å². The van der Waals surface area contributed by atoms with Crippen molar-refractivity contribution in [2.45, 2.75) is 11.8 Å². The van der Waals surface area contributed by atoms with E-state index in [9.17, 15) is 17.2 Å². The number of hydrogen-bond acceptors (Lipinski definition) is 5. The zero-order valence-electron chi connectivity index (χ0n) is 16.1. The standard InChI is InChI=1S/C21H16F3N3O3S/c1-12-2-5-14(6-3-12)31(28,29)27-9-8-15-19(27)11-17(23)21(20(15)24)30-13-4-7-16(22)18(10-13)26-25/h2-11,26H,25H2,1H3. The van der Waals surface area contributed by atoms with Gasteiger partial charge in [-0.3, -0.25) is 5.84 Å². The number of hydrogen-bond donors (Lipinski definition) is 2. The van der Waals surface area contributed by atoms with Crippen LogP contribution in [0.15, 0.2) is 65.7 Å². The maximum atomic E-state index is 15.0. The first-order valence-corrected chi connectivity index (χ1v) is 10.4. The van der Waals surface area contributed by atoms with Crippen molar-refractivity contribution in [3.05, 3.63) is 83.8 Å². The second-order valence-corrected chi connectivity index (χ2v) is 8.57. The lowest BCUT2D eigenvalue weighted by Crippen LogP contribution is -2.12. The molecule has 0 saturated heterocycles. The molecule has 3 N–H and O–H groups in total. The molecule has 4 rings (SSSR count). The van der Waals surface area contributed by atoms with Gasteiger partial charge in [0, 0.05) is 23.7 Å². The summed E-state index contributed by atoms with van der Waals surface area (Å²) in [6.45, 7) is 1.81. The van der Waals surface area contributed by atoms with E-state index in [4.69, 9.17) is 10.6 Å². The van der Waals surface area contributed by atoms with Gasteiger partial charge >= 0.3 is 0 Å². The van der Waals surface area contributed by atoms with E-state index in [2.05, 4.69) is 5.43 Å². The molecule has 0 spiro atoms. The molecule has 0 aliphatic heterocycles. The van der Waals surface area contributed by atoms with Crippen LogP contribution in [0, 0.1) is 24.4 Å². The van der Waals surface area contributed by atoms with E-state index in [1.165, 1.54) is 24.3 Å². The summed E-state index contributed by atoms with van der Waals surface area (Å²) in [6.07, 6.45) is 1.14. The number of aromatic nitrogens is 1. The Hall–Kier alpha value is -3.50. The fourth-order valence-electron chi connectivity index (χ4n) is 3.09. The summed E-state index contributed by atoms with van der Waals surface area (Å²) in [5.41, 5.74) is 2.65. The van der Waals surface area contributed by atoms with Crippen molar-refractivity contribution >= 4 is 26.6 Å². The van der Waals surface area contributed by atoms with Gasteiger partial charge in [-0.05, 0) is 37.3 Å². The number of nitrogens with zero attached hydrogens (tertiary/aromatic N) is 1. The van der Waals surface area contributed by atoms with Gasteiger partial charge in [0.25, 0.3) is 10.0 Å². The lowest BCUT2D eigenvalue weighted by molar-refractivity contribution is 0.410. The number of ether oxygens (including phenoxy) is 1. The van der Waals surface area contributed by atoms with Gasteiger partial charge in [0.2, 0.25) is 0 Å². The summed E-state index contributed by atoms with van der Waals surface area (Å²) in [4.78, 5) is -0.0233. The summed E-state index contributed by atoms with van der Waals surface area (Å²) >= 11 is 0. The molecule has 0 fully saturated rings. The summed E-state index contributed by atoms with van der Waals surface area (Å²) < 4.78 is 75.3. The van der Waals surface area contributed by atoms with Crippen LogP contribution < -0.4 is 16.0 Å². The van der Waals surface area contributed by atoms with Crippen LogP contribution >= 0.6 is 0 Å². The first-order valence-electron chi connectivity index (χ1n) is 8.97. The average molecular weight is 447 g/mol. The number of rotatable bonds is 5. The molecule has 0 unspecified atom stereocenters. The highest BCUT2D eigenvalue weighted by Crippen LogP contribution is 2.35. The molecule has 6 nitrogen and oxygen atoms in total. The molecule has 1 aromatic heterocycles. The van der Waals surface area contributed by atoms with E-state index in [1.807, 2.05) is 0 Å². The van der Waals surface area contributed by atoms with Crippen molar-refractivity contribution in [2.24, 2.45) is 5.84 Å². The van der Waals surface area contributed by atoms with E-state index in [1.54, 1.807) is 19.1 Å². The first kappa shape index (κ1) is 20.8. The number of halogens is 3. The number of nitrogen functional groups attached to an aromatic ring is 1. The minimum absolute atomic E-state index is 0.0233. The highest BCUT2D eigenvalue weighted by molar-refractivity contribution is 7.90. The molecule has 3 aromatic carbocycles.